The molecule has 1 amide bonds. The molecule has 154 valence electrons. The maximum atomic E-state index is 12.8. The number of carboxylic acid groups (broad SMARTS) is 1. The van der Waals surface area contributed by atoms with Gasteiger partial charge in [0, 0.05) is 44.0 Å². The van der Waals surface area contributed by atoms with Gasteiger partial charge in [0.1, 0.15) is 0 Å². The molecule has 1 aliphatic carbocycles. The topological polar surface area (TPSA) is 103 Å². The van der Waals surface area contributed by atoms with Crippen LogP contribution >= 0.6 is 0 Å². The van der Waals surface area contributed by atoms with E-state index in [4.69, 9.17) is 9.90 Å². The second-order valence-electron chi connectivity index (χ2n) is 8.05. The maximum Gasteiger partial charge on any atom is 0.290 e. The zero-order valence-corrected chi connectivity index (χ0v) is 16.2. The fourth-order valence-corrected chi connectivity index (χ4v) is 4.90. The van der Waals surface area contributed by atoms with Crippen molar-refractivity contribution in [2.24, 2.45) is 18.9 Å². The molecule has 8 nitrogen and oxygen atoms in total. The minimum atomic E-state index is -0.279. The van der Waals surface area contributed by atoms with E-state index in [9.17, 15) is 14.7 Å². The predicted octanol–water partition coefficient (Wildman–Crippen LogP) is 0.393. The highest BCUT2D eigenvalue weighted by Gasteiger charge is 2.44. The van der Waals surface area contributed by atoms with Crippen molar-refractivity contribution in [2.45, 2.75) is 37.8 Å². The van der Waals surface area contributed by atoms with E-state index in [1.807, 2.05) is 4.90 Å². The summed E-state index contributed by atoms with van der Waals surface area (Å²) >= 11 is 0. The number of hydrogen-bond donors (Lipinski definition) is 2. The third-order valence-corrected chi connectivity index (χ3v) is 6.36. The second-order valence-corrected chi connectivity index (χ2v) is 8.05. The molecule has 8 heteroatoms. The molecule has 1 saturated carbocycles. The first-order valence-corrected chi connectivity index (χ1v) is 9.90. The minimum absolute atomic E-state index is 0.0562. The monoisotopic (exact) mass is 391 g/mol. The van der Waals surface area contributed by atoms with Crippen LogP contribution in [0.3, 0.4) is 0 Å². The Morgan fingerprint density at radius 1 is 1.18 bits per heavy atom. The van der Waals surface area contributed by atoms with Crippen molar-refractivity contribution in [3.05, 3.63) is 34.2 Å². The van der Waals surface area contributed by atoms with Crippen molar-refractivity contribution in [1.29, 1.82) is 0 Å². The summed E-state index contributed by atoms with van der Waals surface area (Å²) in [6.45, 7) is 3.38. The number of aliphatic hydroxyl groups is 1. The molecule has 1 aromatic rings. The van der Waals surface area contributed by atoms with Crippen LogP contribution in [0.5, 0.6) is 0 Å². The van der Waals surface area contributed by atoms with Gasteiger partial charge in [-0.05, 0) is 56.7 Å². The normalized spacial score (nSPS) is 29.7. The van der Waals surface area contributed by atoms with Crippen molar-refractivity contribution in [2.75, 3.05) is 26.2 Å². The molecule has 0 unspecified atom stereocenters. The average Bonchev–Trinajstić information content (AvgIpc) is 3.32. The first-order valence-electron chi connectivity index (χ1n) is 9.90. The third kappa shape index (κ3) is 4.28. The molecule has 4 rings (SSSR count). The largest absolute Gasteiger partial charge is 0.483 e. The fraction of sp³-hybridized carbons (Fsp3) is 0.650. The number of fused-ring (bicyclic) bond motifs is 1. The summed E-state index contributed by atoms with van der Waals surface area (Å²) in [5.41, 5.74) is 0.311. The molecule has 28 heavy (non-hydrogen) atoms. The van der Waals surface area contributed by atoms with Crippen LogP contribution < -0.4 is 5.56 Å². The first kappa shape index (κ1) is 20.5. The molecule has 1 aromatic heterocycles. The molecule has 2 saturated heterocycles. The molecular formula is C20H29N3O5. The summed E-state index contributed by atoms with van der Waals surface area (Å²) in [7, 11) is 1.68. The lowest BCUT2D eigenvalue weighted by Crippen LogP contribution is -2.48. The van der Waals surface area contributed by atoms with Crippen molar-refractivity contribution in [3.8, 4) is 0 Å². The first-order chi connectivity index (χ1) is 13.4. The minimum Gasteiger partial charge on any atom is -0.483 e. The molecule has 0 spiro atoms. The molecule has 3 heterocycles. The van der Waals surface area contributed by atoms with Crippen LogP contribution in [0.15, 0.2) is 23.1 Å². The molecule has 3 aliphatic rings. The summed E-state index contributed by atoms with van der Waals surface area (Å²) in [5, 5.41) is 17.5. The molecule has 0 aromatic carbocycles. The molecule has 0 bridgehead atoms. The lowest BCUT2D eigenvalue weighted by molar-refractivity contribution is -0.122. The number of amides is 1. The molecule has 4 atom stereocenters. The zero-order valence-electron chi connectivity index (χ0n) is 16.2. The van der Waals surface area contributed by atoms with E-state index < -0.39 is 0 Å². The standard InChI is InChI=1S/C19H27N3O3.CH2O2/c1-20-7-4-13(10-18(20)24)19(25)22-11-14-8-16(21-5-2-3-6-21)17(23)9-15(14)12-22;2-1-3/h4,7,10,14-17,23H,2-3,5-6,8-9,11-12H2,1H3;1H,(H,2,3)/t14-,15+,16-,17-;/m1./s1. The number of aromatic nitrogens is 1. The Bertz CT molecular complexity index is 758. The van der Waals surface area contributed by atoms with E-state index in [1.165, 1.54) is 23.5 Å². The van der Waals surface area contributed by atoms with E-state index in [0.717, 1.165) is 32.5 Å². The van der Waals surface area contributed by atoms with Gasteiger partial charge < -0.3 is 19.7 Å². The van der Waals surface area contributed by atoms with E-state index in [1.54, 1.807) is 19.3 Å². The lowest BCUT2D eigenvalue weighted by atomic mass is 9.77. The highest BCUT2D eigenvalue weighted by Crippen LogP contribution is 2.39. The Morgan fingerprint density at radius 2 is 1.79 bits per heavy atom. The smallest absolute Gasteiger partial charge is 0.290 e. The number of carbonyl (C=O) groups excluding carboxylic acids is 1. The molecule has 2 N–H and O–H groups in total. The van der Waals surface area contributed by atoms with Gasteiger partial charge in [0.2, 0.25) is 0 Å². The van der Waals surface area contributed by atoms with E-state index in [-0.39, 0.29) is 30.1 Å². The van der Waals surface area contributed by atoms with Gasteiger partial charge in [0.05, 0.1) is 6.10 Å². The van der Waals surface area contributed by atoms with Crippen LogP contribution in [0.4, 0.5) is 0 Å². The van der Waals surface area contributed by atoms with E-state index >= 15 is 0 Å². The Kier molecular flexibility index (Phi) is 6.51. The van der Waals surface area contributed by atoms with Gasteiger partial charge in [-0.15, -0.1) is 0 Å². The van der Waals surface area contributed by atoms with Crippen LogP contribution in [0.1, 0.15) is 36.0 Å². The summed E-state index contributed by atoms with van der Waals surface area (Å²) in [4.78, 5) is 37.3. The SMILES string of the molecule is Cn1ccc(C(=O)N2C[C@H]3C[C@@H](N4CCCC4)[C@H](O)C[C@H]3C2)cc1=O.O=CO. The molecule has 0 radical (unpaired) electrons. The van der Waals surface area contributed by atoms with Gasteiger partial charge >= 0.3 is 0 Å². The Morgan fingerprint density at radius 3 is 2.39 bits per heavy atom. The summed E-state index contributed by atoms with van der Waals surface area (Å²) in [6, 6.07) is 3.39. The van der Waals surface area contributed by atoms with Crippen LogP contribution in [-0.2, 0) is 11.8 Å². The summed E-state index contributed by atoms with van der Waals surface area (Å²) in [6.07, 6.45) is 5.58. The number of carbonyl (C=O) groups is 2. The van der Waals surface area contributed by atoms with Crippen LogP contribution in [0, 0.1) is 11.8 Å². The number of likely N-dealkylation sites (tertiary alicyclic amines) is 2. The highest BCUT2D eigenvalue weighted by atomic mass is 16.3. The Hall–Kier alpha value is -2.19. The number of pyridine rings is 1. The predicted molar refractivity (Wildman–Crippen MR) is 103 cm³/mol. The third-order valence-electron chi connectivity index (χ3n) is 6.36. The maximum absolute atomic E-state index is 12.8. The molecule has 3 fully saturated rings. The summed E-state index contributed by atoms with van der Waals surface area (Å²) in [5.74, 6) is 0.785. The highest BCUT2D eigenvalue weighted by molar-refractivity contribution is 5.94. The Labute approximate surface area is 164 Å². The number of aryl methyl sites for hydroxylation is 1. The summed E-state index contributed by atoms with van der Waals surface area (Å²) < 4.78 is 1.47. The lowest BCUT2D eigenvalue weighted by Gasteiger charge is -2.40. The number of nitrogens with zero attached hydrogens (tertiary/aromatic N) is 3. The van der Waals surface area contributed by atoms with Crippen molar-refractivity contribution >= 4 is 12.4 Å². The number of rotatable bonds is 2. The van der Waals surface area contributed by atoms with Gasteiger partial charge in [0.25, 0.3) is 17.9 Å². The molecule has 2 aliphatic heterocycles. The van der Waals surface area contributed by atoms with Gasteiger partial charge in [-0.25, -0.2) is 0 Å². The van der Waals surface area contributed by atoms with Crippen molar-refractivity contribution < 1.29 is 19.8 Å². The van der Waals surface area contributed by atoms with E-state index in [0.29, 0.717) is 23.9 Å². The van der Waals surface area contributed by atoms with Gasteiger partial charge in [-0.1, -0.05) is 0 Å². The van der Waals surface area contributed by atoms with Crippen molar-refractivity contribution in [3.63, 3.8) is 0 Å². The number of aliphatic hydroxyl groups excluding tert-OH is 1. The second kappa shape index (κ2) is 8.87. The van der Waals surface area contributed by atoms with Gasteiger partial charge in [-0.3, -0.25) is 19.3 Å². The molecular weight excluding hydrogens is 362 g/mol. The van der Waals surface area contributed by atoms with E-state index in [2.05, 4.69) is 4.90 Å². The zero-order chi connectivity index (χ0) is 20.3. The fourth-order valence-electron chi connectivity index (χ4n) is 4.90. The van der Waals surface area contributed by atoms with Gasteiger partial charge in [0.15, 0.2) is 0 Å². The Balaban J connectivity index is 0.000000706. The quantitative estimate of drug-likeness (QED) is 0.707. The van der Waals surface area contributed by atoms with Crippen LogP contribution in [0.25, 0.3) is 0 Å². The van der Waals surface area contributed by atoms with Crippen LogP contribution in [-0.4, -0.2) is 75.3 Å². The van der Waals surface area contributed by atoms with Gasteiger partial charge in [-0.2, -0.15) is 0 Å². The average molecular weight is 391 g/mol. The van der Waals surface area contributed by atoms with Crippen LogP contribution in [0.2, 0.25) is 0 Å². The number of hydrogen-bond acceptors (Lipinski definition) is 5. The van der Waals surface area contributed by atoms with Crippen molar-refractivity contribution in [1.82, 2.24) is 14.4 Å².